The summed E-state index contributed by atoms with van der Waals surface area (Å²) in [7, 11) is 0. The second-order valence-electron chi connectivity index (χ2n) is 8.22. The predicted molar refractivity (Wildman–Crippen MR) is 101 cm³/mol. The van der Waals surface area contributed by atoms with Crippen molar-refractivity contribution in [3.63, 3.8) is 0 Å². The Bertz CT molecular complexity index is 687. The van der Waals surface area contributed by atoms with Crippen LogP contribution in [-0.2, 0) is 23.7 Å². The predicted octanol–water partition coefficient (Wildman–Crippen LogP) is 2.66. The summed E-state index contributed by atoms with van der Waals surface area (Å²) < 4.78 is 29.0. The zero-order valence-corrected chi connectivity index (χ0v) is 17.1. The summed E-state index contributed by atoms with van der Waals surface area (Å²) in [5.41, 5.74) is -1.11. The van der Waals surface area contributed by atoms with E-state index in [9.17, 15) is 9.90 Å². The van der Waals surface area contributed by atoms with Crippen LogP contribution in [-0.4, -0.2) is 59.8 Å². The first-order chi connectivity index (χ1) is 13.1. The highest BCUT2D eigenvalue weighted by Gasteiger charge is 2.56. The van der Waals surface area contributed by atoms with Gasteiger partial charge in [0.05, 0.1) is 18.8 Å². The highest BCUT2D eigenvalue weighted by molar-refractivity contribution is 5.89. The summed E-state index contributed by atoms with van der Waals surface area (Å²) in [5.74, 6) is -2.19. The van der Waals surface area contributed by atoms with Gasteiger partial charge in [-0.2, -0.15) is 0 Å². The van der Waals surface area contributed by atoms with Crippen LogP contribution in [0.5, 0.6) is 0 Å². The number of esters is 1. The van der Waals surface area contributed by atoms with Gasteiger partial charge in [-0.15, -0.1) is 0 Å². The van der Waals surface area contributed by atoms with E-state index in [0.717, 1.165) is 0 Å². The summed E-state index contributed by atoms with van der Waals surface area (Å²) in [5, 5.41) is 11.6. The minimum Gasteiger partial charge on any atom is -0.453 e. The molecule has 28 heavy (non-hydrogen) atoms. The lowest BCUT2D eigenvalue weighted by Crippen LogP contribution is -2.60. The molecule has 1 N–H and O–H groups in total. The van der Waals surface area contributed by atoms with Crippen LogP contribution in [0.15, 0.2) is 30.3 Å². The van der Waals surface area contributed by atoms with E-state index in [4.69, 9.17) is 23.7 Å². The average molecular weight is 394 g/mol. The van der Waals surface area contributed by atoms with Gasteiger partial charge in [0.1, 0.15) is 17.8 Å². The van der Waals surface area contributed by atoms with Gasteiger partial charge in [-0.25, -0.2) is 4.79 Å². The van der Waals surface area contributed by atoms with E-state index in [1.54, 1.807) is 52.0 Å². The van der Waals surface area contributed by atoms with Gasteiger partial charge in [-0.05, 0) is 46.2 Å². The van der Waals surface area contributed by atoms with Crippen LogP contribution in [0.1, 0.15) is 51.4 Å². The molecule has 0 aliphatic carbocycles. The largest absolute Gasteiger partial charge is 0.453 e. The third-order valence-corrected chi connectivity index (χ3v) is 5.24. The molecule has 1 aromatic rings. The fourth-order valence-electron chi connectivity index (χ4n) is 3.67. The summed E-state index contributed by atoms with van der Waals surface area (Å²) >= 11 is 0. The highest BCUT2D eigenvalue weighted by atomic mass is 16.8. The van der Waals surface area contributed by atoms with Gasteiger partial charge < -0.3 is 28.8 Å². The molecule has 0 spiro atoms. The molecule has 4 atom stereocenters. The van der Waals surface area contributed by atoms with Crippen molar-refractivity contribution in [1.29, 1.82) is 0 Å². The summed E-state index contributed by atoms with van der Waals surface area (Å²) in [4.78, 5) is 12.8. The van der Waals surface area contributed by atoms with E-state index in [0.29, 0.717) is 5.56 Å². The van der Waals surface area contributed by atoms with Crippen LogP contribution in [0.2, 0.25) is 0 Å². The maximum absolute atomic E-state index is 12.8. The monoisotopic (exact) mass is 394 g/mol. The molecule has 7 heteroatoms. The first-order valence-corrected chi connectivity index (χ1v) is 9.68. The lowest BCUT2D eigenvalue weighted by Gasteiger charge is -2.40. The second kappa shape index (κ2) is 7.72. The van der Waals surface area contributed by atoms with E-state index in [-0.39, 0.29) is 19.6 Å². The Morgan fingerprint density at radius 3 is 2.25 bits per heavy atom. The molecule has 2 fully saturated rings. The molecule has 7 nitrogen and oxygen atoms in total. The van der Waals surface area contributed by atoms with Crippen molar-refractivity contribution in [2.45, 2.75) is 76.5 Å². The van der Waals surface area contributed by atoms with Crippen LogP contribution >= 0.6 is 0 Å². The molecule has 2 aliphatic rings. The SMILES string of the molecule is CC[C@@](O)([C@H]1COC(C)(C)O1)[C@@H](OC(=O)c1ccccc1)[C@H]1COC(C)(C)O1. The molecule has 156 valence electrons. The minimum atomic E-state index is -1.51. The molecular weight excluding hydrogens is 364 g/mol. The third kappa shape index (κ3) is 4.39. The normalized spacial score (nSPS) is 29.2. The summed E-state index contributed by atoms with van der Waals surface area (Å²) in [6, 6.07) is 8.66. The molecule has 2 heterocycles. The van der Waals surface area contributed by atoms with Crippen LogP contribution in [0.4, 0.5) is 0 Å². The minimum absolute atomic E-state index is 0.188. The smallest absolute Gasteiger partial charge is 0.338 e. The molecule has 0 bridgehead atoms. The average Bonchev–Trinajstić information content (AvgIpc) is 3.21. The molecule has 0 aromatic heterocycles. The van der Waals surface area contributed by atoms with Crippen molar-refractivity contribution in [3.8, 4) is 0 Å². The topological polar surface area (TPSA) is 83.5 Å². The molecule has 2 saturated heterocycles. The Balaban J connectivity index is 1.89. The maximum Gasteiger partial charge on any atom is 0.338 e. The maximum atomic E-state index is 12.8. The van der Waals surface area contributed by atoms with Gasteiger partial charge in [-0.3, -0.25) is 0 Å². The van der Waals surface area contributed by atoms with Crippen molar-refractivity contribution >= 4 is 5.97 Å². The number of carbonyl (C=O) groups is 1. The Labute approximate surface area is 165 Å². The van der Waals surface area contributed by atoms with Gasteiger partial charge in [0.25, 0.3) is 0 Å². The van der Waals surface area contributed by atoms with E-state index < -0.39 is 41.5 Å². The zero-order chi connectivity index (χ0) is 20.6. The van der Waals surface area contributed by atoms with Gasteiger partial charge in [0, 0.05) is 0 Å². The van der Waals surface area contributed by atoms with Gasteiger partial charge in [-0.1, -0.05) is 25.1 Å². The molecule has 0 saturated carbocycles. The van der Waals surface area contributed by atoms with Crippen LogP contribution < -0.4 is 0 Å². The Hall–Kier alpha value is -1.51. The molecule has 0 unspecified atom stereocenters. The lowest BCUT2D eigenvalue weighted by atomic mass is 9.84. The van der Waals surface area contributed by atoms with Crippen molar-refractivity contribution in [3.05, 3.63) is 35.9 Å². The van der Waals surface area contributed by atoms with Crippen molar-refractivity contribution in [1.82, 2.24) is 0 Å². The van der Waals surface area contributed by atoms with Gasteiger partial charge >= 0.3 is 5.97 Å². The number of hydrogen-bond acceptors (Lipinski definition) is 7. The van der Waals surface area contributed by atoms with Crippen molar-refractivity contribution in [2.75, 3.05) is 13.2 Å². The summed E-state index contributed by atoms with van der Waals surface area (Å²) in [6.07, 6.45) is -2.02. The molecular formula is C21H30O7. The van der Waals surface area contributed by atoms with Crippen LogP contribution in [0, 0.1) is 0 Å². The molecule has 3 rings (SSSR count). The quantitative estimate of drug-likeness (QED) is 0.743. The first kappa shape index (κ1) is 21.2. The van der Waals surface area contributed by atoms with Gasteiger partial charge in [0.2, 0.25) is 0 Å². The fraction of sp³-hybridized carbons (Fsp3) is 0.667. The number of ether oxygens (including phenoxy) is 5. The highest BCUT2D eigenvalue weighted by Crippen LogP contribution is 2.38. The second-order valence-corrected chi connectivity index (χ2v) is 8.22. The summed E-state index contributed by atoms with van der Waals surface area (Å²) in [6.45, 7) is 9.34. The number of carbonyl (C=O) groups excluding carboxylic acids is 1. The Morgan fingerprint density at radius 1 is 1.14 bits per heavy atom. The van der Waals surface area contributed by atoms with E-state index in [2.05, 4.69) is 0 Å². The van der Waals surface area contributed by atoms with Crippen LogP contribution in [0.3, 0.4) is 0 Å². The fourth-order valence-corrected chi connectivity index (χ4v) is 3.67. The Kier molecular flexibility index (Phi) is 5.85. The van der Waals surface area contributed by atoms with E-state index >= 15 is 0 Å². The number of hydrogen-bond donors (Lipinski definition) is 1. The molecule has 0 radical (unpaired) electrons. The molecule has 1 aromatic carbocycles. The van der Waals surface area contributed by atoms with Gasteiger partial charge in [0.15, 0.2) is 17.7 Å². The number of aliphatic hydroxyl groups is 1. The lowest BCUT2D eigenvalue weighted by molar-refractivity contribution is -0.220. The van der Waals surface area contributed by atoms with Crippen molar-refractivity contribution in [2.24, 2.45) is 0 Å². The van der Waals surface area contributed by atoms with E-state index in [1.165, 1.54) is 0 Å². The Morgan fingerprint density at radius 2 is 1.75 bits per heavy atom. The number of benzene rings is 1. The molecule has 0 amide bonds. The third-order valence-electron chi connectivity index (χ3n) is 5.24. The standard InChI is InChI=1S/C21H30O7/c1-6-21(23,16-13-25-20(4,5)28-16)17(15-12-24-19(2,3)27-15)26-18(22)14-10-8-7-9-11-14/h7-11,15-17,23H,6,12-13H2,1-5H3/t15-,16-,17+,21-/m1/s1. The van der Waals surface area contributed by atoms with Crippen molar-refractivity contribution < 1.29 is 33.6 Å². The first-order valence-electron chi connectivity index (χ1n) is 9.68. The molecule has 2 aliphatic heterocycles. The van der Waals surface area contributed by atoms with E-state index in [1.807, 2.05) is 13.0 Å². The number of rotatable bonds is 6. The zero-order valence-electron chi connectivity index (χ0n) is 17.1. The van der Waals surface area contributed by atoms with Crippen LogP contribution in [0.25, 0.3) is 0 Å².